The highest BCUT2D eigenvalue weighted by molar-refractivity contribution is 7.92. The van der Waals surface area contributed by atoms with Crippen LogP contribution in [-0.4, -0.2) is 47.6 Å². The number of sulfonamides is 2. The monoisotopic (exact) mass is 297 g/mol. The van der Waals surface area contributed by atoms with E-state index in [9.17, 15) is 16.8 Å². The molecule has 0 atom stereocenters. The van der Waals surface area contributed by atoms with Gasteiger partial charge in [-0.25, -0.2) is 25.9 Å². The number of nitrogens with one attached hydrogen (secondary N) is 1. The Labute approximate surface area is 106 Å². The van der Waals surface area contributed by atoms with Crippen molar-refractivity contribution in [3.05, 3.63) is 11.8 Å². The average molecular weight is 297 g/mol. The molecule has 1 aromatic heterocycles. The molecule has 0 radical (unpaired) electrons. The van der Waals surface area contributed by atoms with Crippen LogP contribution in [0.4, 0.5) is 5.82 Å². The van der Waals surface area contributed by atoms with Crippen LogP contribution in [0.3, 0.4) is 0 Å². The van der Waals surface area contributed by atoms with Gasteiger partial charge in [0.15, 0.2) is 5.82 Å². The normalized spacial score (nSPS) is 12.6. The van der Waals surface area contributed by atoms with Gasteiger partial charge in [0.25, 0.3) is 0 Å². The van der Waals surface area contributed by atoms with Crippen molar-refractivity contribution in [2.75, 3.05) is 29.9 Å². The number of aromatic nitrogens is 1. The Hall–Kier alpha value is -1.13. The van der Waals surface area contributed by atoms with Crippen molar-refractivity contribution in [1.82, 2.24) is 9.88 Å². The molecule has 1 aromatic rings. The van der Waals surface area contributed by atoms with Crippen LogP contribution in [0, 0.1) is 6.92 Å². The molecular formula is C8H15N3O5S2. The molecule has 0 spiro atoms. The lowest BCUT2D eigenvalue weighted by Crippen LogP contribution is -2.38. The van der Waals surface area contributed by atoms with E-state index < -0.39 is 20.0 Å². The van der Waals surface area contributed by atoms with E-state index in [0.717, 1.165) is 16.8 Å². The number of aryl methyl sites for hydroxylation is 1. The van der Waals surface area contributed by atoms with Crippen LogP contribution in [0.1, 0.15) is 5.76 Å². The number of hydrogen-bond donors (Lipinski definition) is 1. The summed E-state index contributed by atoms with van der Waals surface area (Å²) in [6, 6.07) is 1.46. The predicted molar refractivity (Wildman–Crippen MR) is 66.3 cm³/mol. The van der Waals surface area contributed by atoms with Crippen molar-refractivity contribution < 1.29 is 21.4 Å². The van der Waals surface area contributed by atoms with Crippen LogP contribution >= 0.6 is 0 Å². The van der Waals surface area contributed by atoms with E-state index in [-0.39, 0.29) is 18.9 Å². The summed E-state index contributed by atoms with van der Waals surface area (Å²) in [7, 11) is -6.90. The molecule has 18 heavy (non-hydrogen) atoms. The summed E-state index contributed by atoms with van der Waals surface area (Å²) < 4.78 is 52.9. The van der Waals surface area contributed by atoms with E-state index in [0.29, 0.717) is 5.76 Å². The van der Waals surface area contributed by atoms with Gasteiger partial charge in [0, 0.05) is 19.2 Å². The molecule has 8 nitrogen and oxygen atoms in total. The fourth-order valence-corrected chi connectivity index (χ4v) is 2.56. The van der Waals surface area contributed by atoms with Crippen LogP contribution in [0.5, 0.6) is 0 Å². The minimum absolute atomic E-state index is 0.0438. The van der Waals surface area contributed by atoms with E-state index in [1.54, 1.807) is 6.92 Å². The Balaban J connectivity index is 2.82. The SMILES string of the molecule is Cc1cc(N(CCNS(C)(=O)=O)S(C)(=O)=O)no1. The molecule has 0 saturated heterocycles. The Bertz CT molecular complexity index is 604. The molecule has 0 aliphatic rings. The number of anilines is 1. The summed E-state index contributed by atoms with van der Waals surface area (Å²) in [6.45, 7) is 1.53. The third-order valence-electron chi connectivity index (χ3n) is 1.95. The highest BCUT2D eigenvalue weighted by Gasteiger charge is 2.20. The summed E-state index contributed by atoms with van der Waals surface area (Å²) in [4.78, 5) is 0. The summed E-state index contributed by atoms with van der Waals surface area (Å²) >= 11 is 0. The standard InChI is InChI=1S/C8H15N3O5S2/c1-7-6-8(10-16-7)11(18(3,14)15)5-4-9-17(2,12)13/h6,9H,4-5H2,1-3H3. The number of rotatable bonds is 6. The van der Waals surface area contributed by atoms with Crippen molar-refractivity contribution in [2.45, 2.75) is 6.92 Å². The molecule has 0 aliphatic carbocycles. The third kappa shape index (κ3) is 4.63. The summed E-state index contributed by atoms with van der Waals surface area (Å²) in [5.74, 6) is 0.597. The maximum Gasteiger partial charge on any atom is 0.233 e. The molecule has 0 saturated carbocycles. The Morgan fingerprint density at radius 3 is 2.33 bits per heavy atom. The molecule has 0 fully saturated rings. The zero-order valence-corrected chi connectivity index (χ0v) is 11.9. The summed E-state index contributed by atoms with van der Waals surface area (Å²) in [5.41, 5.74) is 0. The van der Waals surface area contributed by atoms with Gasteiger partial charge in [-0.3, -0.25) is 0 Å². The molecule has 0 unspecified atom stereocenters. The Morgan fingerprint density at radius 1 is 1.33 bits per heavy atom. The minimum atomic E-state index is -3.55. The minimum Gasteiger partial charge on any atom is -0.360 e. The fraction of sp³-hybridized carbons (Fsp3) is 0.625. The van der Waals surface area contributed by atoms with Crippen LogP contribution in [0.2, 0.25) is 0 Å². The first-order valence-corrected chi connectivity index (χ1v) is 8.69. The molecule has 0 aliphatic heterocycles. The van der Waals surface area contributed by atoms with Crippen LogP contribution < -0.4 is 9.03 Å². The molecule has 1 rings (SSSR count). The van der Waals surface area contributed by atoms with Gasteiger partial charge in [-0.2, -0.15) is 0 Å². The van der Waals surface area contributed by atoms with Gasteiger partial charge in [-0.15, -0.1) is 0 Å². The van der Waals surface area contributed by atoms with Crippen molar-refractivity contribution in [2.24, 2.45) is 0 Å². The lowest BCUT2D eigenvalue weighted by atomic mass is 10.5. The van der Waals surface area contributed by atoms with Crippen LogP contribution in [-0.2, 0) is 20.0 Å². The Morgan fingerprint density at radius 2 is 1.94 bits per heavy atom. The number of nitrogens with zero attached hydrogens (tertiary/aromatic N) is 2. The first-order valence-electron chi connectivity index (χ1n) is 4.95. The highest BCUT2D eigenvalue weighted by atomic mass is 32.2. The van der Waals surface area contributed by atoms with Crippen LogP contribution in [0.25, 0.3) is 0 Å². The van der Waals surface area contributed by atoms with Gasteiger partial charge in [0.2, 0.25) is 20.0 Å². The van der Waals surface area contributed by atoms with Gasteiger partial charge in [0.05, 0.1) is 12.5 Å². The number of hydrogen-bond acceptors (Lipinski definition) is 6. The molecule has 0 amide bonds. The van der Waals surface area contributed by atoms with Gasteiger partial charge < -0.3 is 4.52 Å². The lowest BCUT2D eigenvalue weighted by Gasteiger charge is -2.18. The molecule has 0 aromatic carbocycles. The second-order valence-electron chi connectivity index (χ2n) is 3.80. The summed E-state index contributed by atoms with van der Waals surface area (Å²) in [6.07, 6.45) is 2.01. The molecule has 104 valence electrons. The maximum atomic E-state index is 11.6. The average Bonchev–Trinajstić information content (AvgIpc) is 2.55. The van der Waals surface area contributed by atoms with Gasteiger partial charge >= 0.3 is 0 Å². The maximum absolute atomic E-state index is 11.6. The molecule has 10 heteroatoms. The van der Waals surface area contributed by atoms with Crippen LogP contribution in [0.15, 0.2) is 10.6 Å². The first-order chi connectivity index (χ1) is 8.09. The highest BCUT2D eigenvalue weighted by Crippen LogP contribution is 2.16. The van der Waals surface area contributed by atoms with E-state index in [1.165, 1.54) is 6.07 Å². The molecule has 1 heterocycles. The van der Waals surface area contributed by atoms with Crippen molar-refractivity contribution in [3.63, 3.8) is 0 Å². The quantitative estimate of drug-likeness (QED) is 0.743. The molecule has 1 N–H and O–H groups in total. The second kappa shape index (κ2) is 5.24. The van der Waals surface area contributed by atoms with E-state index in [2.05, 4.69) is 9.88 Å². The second-order valence-corrected chi connectivity index (χ2v) is 7.54. The van der Waals surface area contributed by atoms with E-state index >= 15 is 0 Å². The topological polar surface area (TPSA) is 110 Å². The van der Waals surface area contributed by atoms with Gasteiger partial charge in [-0.05, 0) is 6.92 Å². The third-order valence-corrected chi connectivity index (χ3v) is 3.85. The predicted octanol–water partition coefficient (Wildman–Crippen LogP) is -0.702. The van der Waals surface area contributed by atoms with Crippen molar-refractivity contribution >= 4 is 25.9 Å². The Kier molecular flexibility index (Phi) is 4.35. The zero-order valence-electron chi connectivity index (χ0n) is 10.2. The molecular weight excluding hydrogens is 282 g/mol. The fourth-order valence-electron chi connectivity index (χ4n) is 1.25. The summed E-state index contributed by atoms with van der Waals surface area (Å²) in [5, 5.41) is 3.59. The first kappa shape index (κ1) is 14.9. The zero-order chi connectivity index (χ0) is 14.0. The van der Waals surface area contributed by atoms with Crippen molar-refractivity contribution in [3.8, 4) is 0 Å². The van der Waals surface area contributed by atoms with Gasteiger partial charge in [-0.1, -0.05) is 5.16 Å². The van der Waals surface area contributed by atoms with E-state index in [1.807, 2.05) is 0 Å². The smallest absolute Gasteiger partial charge is 0.233 e. The largest absolute Gasteiger partial charge is 0.360 e. The van der Waals surface area contributed by atoms with E-state index in [4.69, 9.17) is 4.52 Å². The van der Waals surface area contributed by atoms with Gasteiger partial charge in [0.1, 0.15) is 5.76 Å². The lowest BCUT2D eigenvalue weighted by molar-refractivity contribution is 0.398. The molecule has 0 bridgehead atoms. The van der Waals surface area contributed by atoms with Crippen molar-refractivity contribution in [1.29, 1.82) is 0 Å².